The number of piperazine rings is 1. The van der Waals surface area contributed by atoms with Crippen LogP contribution in [0.15, 0.2) is 47.6 Å². The normalized spacial score (nSPS) is 14.8. The average Bonchev–Trinajstić information content (AvgIpc) is 2.68. The number of hydrogen-bond donors (Lipinski definition) is 2. The third-order valence-electron chi connectivity index (χ3n) is 4.04. The molecule has 1 aliphatic rings. The first-order valence-electron chi connectivity index (χ1n) is 8.12. The topological polar surface area (TPSA) is 90.5 Å². The zero-order valence-corrected chi connectivity index (χ0v) is 15.9. The van der Waals surface area contributed by atoms with Gasteiger partial charge in [-0.15, -0.1) is 0 Å². The summed E-state index contributed by atoms with van der Waals surface area (Å²) in [5, 5.41) is 3.67. The lowest BCUT2D eigenvalue weighted by Crippen LogP contribution is -2.51. The largest absolute Gasteiger partial charge is 0.366 e. The molecule has 0 amide bonds. The molecule has 10 heteroatoms. The smallest absolute Gasteiger partial charge is 0.263 e. The van der Waals surface area contributed by atoms with Gasteiger partial charge in [0, 0.05) is 45.6 Å². The molecule has 0 radical (unpaired) electrons. The fraction of sp³-hybridized carbons (Fsp3) is 0.312. The van der Waals surface area contributed by atoms with Crippen LogP contribution in [0, 0.1) is 0 Å². The first-order chi connectivity index (χ1) is 12.5. The maximum Gasteiger partial charge on any atom is 0.263 e. The summed E-state index contributed by atoms with van der Waals surface area (Å²) in [6, 6.07) is 8.19. The third-order valence-corrected chi connectivity index (χ3v) is 5.86. The van der Waals surface area contributed by atoms with Gasteiger partial charge >= 0.3 is 0 Å². The zero-order valence-electron chi connectivity index (χ0n) is 14.3. The lowest BCUT2D eigenvalue weighted by atomic mass is 10.3. The van der Waals surface area contributed by atoms with Crippen LogP contribution < -0.4 is 14.9 Å². The van der Waals surface area contributed by atoms with Crippen molar-refractivity contribution < 1.29 is 8.42 Å². The van der Waals surface area contributed by atoms with Crippen molar-refractivity contribution >= 4 is 39.0 Å². The van der Waals surface area contributed by atoms with E-state index in [2.05, 4.69) is 24.9 Å². The molecule has 0 atom stereocenters. The Morgan fingerprint density at radius 3 is 2.38 bits per heavy atom. The van der Waals surface area contributed by atoms with Crippen LogP contribution in [0.1, 0.15) is 0 Å². The van der Waals surface area contributed by atoms with Crippen molar-refractivity contribution in [3.05, 3.63) is 42.7 Å². The number of rotatable bonds is 4. The van der Waals surface area contributed by atoms with Gasteiger partial charge in [-0.1, -0.05) is 18.2 Å². The summed E-state index contributed by atoms with van der Waals surface area (Å²) in [6.45, 7) is 2.78. The fourth-order valence-electron chi connectivity index (χ4n) is 2.70. The van der Waals surface area contributed by atoms with Gasteiger partial charge in [0.05, 0.1) is 4.90 Å². The Balaban J connectivity index is 1.78. The van der Waals surface area contributed by atoms with Crippen molar-refractivity contribution in [3.8, 4) is 0 Å². The second-order valence-corrected chi connectivity index (χ2v) is 7.75. The maximum absolute atomic E-state index is 12.6. The summed E-state index contributed by atoms with van der Waals surface area (Å²) >= 11 is 5.26. The Kier molecular flexibility index (Phi) is 5.52. The lowest BCUT2D eigenvalue weighted by Gasteiger charge is -2.36. The molecule has 138 valence electrons. The highest BCUT2D eigenvalue weighted by Gasteiger charge is 2.24. The van der Waals surface area contributed by atoms with Crippen LogP contribution in [0.2, 0.25) is 0 Å². The number of sulfonamides is 1. The lowest BCUT2D eigenvalue weighted by molar-refractivity contribution is 0.381. The van der Waals surface area contributed by atoms with Crippen LogP contribution in [0.25, 0.3) is 0 Å². The van der Waals surface area contributed by atoms with E-state index in [9.17, 15) is 8.42 Å². The number of benzene rings is 1. The highest BCUT2D eigenvalue weighted by Crippen LogP contribution is 2.24. The van der Waals surface area contributed by atoms with E-state index in [1.54, 1.807) is 31.4 Å². The Labute approximate surface area is 158 Å². The van der Waals surface area contributed by atoms with Gasteiger partial charge in [0.25, 0.3) is 10.0 Å². The van der Waals surface area contributed by atoms with Crippen LogP contribution in [0.5, 0.6) is 0 Å². The van der Waals surface area contributed by atoms with E-state index in [-0.39, 0.29) is 10.7 Å². The van der Waals surface area contributed by atoms with Gasteiger partial charge in [-0.3, -0.25) is 4.72 Å². The molecule has 1 fully saturated rings. The molecule has 26 heavy (non-hydrogen) atoms. The standard InChI is InChI=1S/C16H20N6O2S2/c1-17-16(25)22-11-9-21(10-12-22)15-14(18-7-8-19-15)20-26(23,24)13-5-3-2-4-6-13/h2-8H,9-12H2,1H3,(H,17,25)(H,18,20). The van der Waals surface area contributed by atoms with Gasteiger partial charge in [0.1, 0.15) is 0 Å². The number of aromatic nitrogens is 2. The molecule has 0 aliphatic carbocycles. The molecule has 1 aromatic heterocycles. The molecule has 1 aromatic carbocycles. The average molecular weight is 393 g/mol. The monoisotopic (exact) mass is 392 g/mol. The highest BCUT2D eigenvalue weighted by atomic mass is 32.2. The summed E-state index contributed by atoms with van der Waals surface area (Å²) in [7, 11) is -1.92. The Hall–Kier alpha value is -2.46. The second kappa shape index (κ2) is 7.83. The van der Waals surface area contributed by atoms with Crippen LogP contribution in [0.3, 0.4) is 0 Å². The molecule has 2 N–H and O–H groups in total. The summed E-state index contributed by atoms with van der Waals surface area (Å²) in [5.41, 5.74) is 0. The van der Waals surface area contributed by atoms with Crippen LogP contribution in [-0.2, 0) is 10.0 Å². The Morgan fingerprint density at radius 2 is 1.73 bits per heavy atom. The molecule has 3 rings (SSSR count). The molecule has 8 nitrogen and oxygen atoms in total. The summed E-state index contributed by atoms with van der Waals surface area (Å²) < 4.78 is 27.7. The number of nitrogens with one attached hydrogen (secondary N) is 2. The minimum atomic E-state index is -3.72. The molecule has 1 saturated heterocycles. The second-order valence-electron chi connectivity index (χ2n) is 5.68. The first-order valence-corrected chi connectivity index (χ1v) is 10.0. The minimum Gasteiger partial charge on any atom is -0.366 e. The van der Waals surface area contributed by atoms with Gasteiger partial charge in [0.2, 0.25) is 0 Å². The van der Waals surface area contributed by atoms with Crippen molar-refractivity contribution in [2.45, 2.75) is 4.90 Å². The SMILES string of the molecule is CNC(=S)N1CCN(c2nccnc2NS(=O)(=O)c2ccccc2)CC1. The number of thiocarbonyl (C=S) groups is 1. The third kappa shape index (κ3) is 4.02. The Bertz CT molecular complexity index is 867. The molecule has 2 aromatic rings. The van der Waals surface area contributed by atoms with Crippen LogP contribution >= 0.6 is 12.2 Å². The maximum atomic E-state index is 12.6. The van der Waals surface area contributed by atoms with Crippen molar-refractivity contribution in [2.75, 3.05) is 42.8 Å². The van der Waals surface area contributed by atoms with Gasteiger partial charge in [-0.05, 0) is 24.4 Å². The highest BCUT2D eigenvalue weighted by molar-refractivity contribution is 7.92. The number of hydrogen-bond acceptors (Lipinski definition) is 6. The zero-order chi connectivity index (χ0) is 18.6. The van der Waals surface area contributed by atoms with E-state index < -0.39 is 10.0 Å². The van der Waals surface area contributed by atoms with Gasteiger partial charge in [0.15, 0.2) is 16.7 Å². The summed E-state index contributed by atoms with van der Waals surface area (Å²) in [5.74, 6) is 0.739. The van der Waals surface area contributed by atoms with Gasteiger partial charge in [-0.2, -0.15) is 0 Å². The quantitative estimate of drug-likeness (QED) is 0.742. The van der Waals surface area contributed by atoms with Crippen LogP contribution in [0.4, 0.5) is 11.6 Å². The predicted octanol–water partition coefficient (Wildman–Crippen LogP) is 0.904. The molecule has 2 heterocycles. The molecule has 0 unspecified atom stereocenters. The molecular formula is C16H20N6O2S2. The van der Waals surface area contributed by atoms with E-state index in [1.165, 1.54) is 18.3 Å². The molecule has 0 saturated carbocycles. The van der Waals surface area contributed by atoms with Crippen molar-refractivity contribution in [1.82, 2.24) is 20.2 Å². The molecule has 1 aliphatic heterocycles. The number of anilines is 2. The first kappa shape index (κ1) is 18.3. The predicted molar refractivity (Wildman–Crippen MR) is 105 cm³/mol. The van der Waals surface area contributed by atoms with E-state index in [1.807, 2.05) is 4.90 Å². The molecule has 0 bridgehead atoms. The van der Waals surface area contributed by atoms with Gasteiger partial charge < -0.3 is 15.1 Å². The van der Waals surface area contributed by atoms with E-state index >= 15 is 0 Å². The molecular weight excluding hydrogens is 372 g/mol. The van der Waals surface area contributed by atoms with E-state index in [0.717, 1.165) is 13.1 Å². The fourth-order valence-corrected chi connectivity index (χ4v) is 3.91. The summed E-state index contributed by atoms with van der Waals surface area (Å²) in [6.07, 6.45) is 3.03. The summed E-state index contributed by atoms with van der Waals surface area (Å²) in [4.78, 5) is 12.8. The van der Waals surface area contributed by atoms with E-state index in [4.69, 9.17) is 12.2 Å². The van der Waals surface area contributed by atoms with Crippen molar-refractivity contribution in [3.63, 3.8) is 0 Å². The molecule has 0 spiro atoms. The van der Waals surface area contributed by atoms with Gasteiger partial charge in [-0.25, -0.2) is 18.4 Å². The Morgan fingerprint density at radius 1 is 1.08 bits per heavy atom. The van der Waals surface area contributed by atoms with Crippen LogP contribution in [-0.4, -0.2) is 61.6 Å². The minimum absolute atomic E-state index is 0.181. The number of nitrogens with zero attached hydrogens (tertiary/aromatic N) is 4. The van der Waals surface area contributed by atoms with Crippen molar-refractivity contribution in [1.29, 1.82) is 0 Å². The van der Waals surface area contributed by atoms with E-state index in [0.29, 0.717) is 24.0 Å². The van der Waals surface area contributed by atoms with Crippen molar-refractivity contribution in [2.24, 2.45) is 0 Å².